The molecule has 1 aromatic carbocycles. The SMILES string of the molecule is C#CCN(C)CCCCOc1ccc2ccc(=O)oc2c1. The van der Waals surface area contributed by atoms with Crippen LogP contribution in [-0.2, 0) is 0 Å². The molecule has 2 aromatic rings. The first-order valence-electron chi connectivity index (χ1n) is 6.98. The Hall–Kier alpha value is -2.25. The zero-order chi connectivity index (χ0) is 15.1. The van der Waals surface area contributed by atoms with Crippen molar-refractivity contribution >= 4 is 11.0 Å². The summed E-state index contributed by atoms with van der Waals surface area (Å²) in [6, 6.07) is 8.67. The summed E-state index contributed by atoms with van der Waals surface area (Å²) in [6.07, 6.45) is 7.22. The van der Waals surface area contributed by atoms with E-state index in [1.165, 1.54) is 6.07 Å². The number of hydrogen-bond donors (Lipinski definition) is 0. The Morgan fingerprint density at radius 2 is 2.10 bits per heavy atom. The molecule has 0 saturated heterocycles. The van der Waals surface area contributed by atoms with Crippen molar-refractivity contribution in [1.29, 1.82) is 0 Å². The third-order valence-corrected chi connectivity index (χ3v) is 3.16. The van der Waals surface area contributed by atoms with Crippen molar-refractivity contribution in [3.63, 3.8) is 0 Å². The molecule has 1 heterocycles. The highest BCUT2D eigenvalue weighted by molar-refractivity contribution is 5.77. The van der Waals surface area contributed by atoms with E-state index in [0.717, 1.165) is 24.8 Å². The smallest absolute Gasteiger partial charge is 0.336 e. The van der Waals surface area contributed by atoms with Crippen LogP contribution in [0.25, 0.3) is 11.0 Å². The maximum atomic E-state index is 11.2. The molecule has 0 fully saturated rings. The van der Waals surface area contributed by atoms with E-state index in [4.69, 9.17) is 15.6 Å². The van der Waals surface area contributed by atoms with Crippen LogP contribution in [0.1, 0.15) is 12.8 Å². The number of ether oxygens (including phenoxy) is 1. The Labute approximate surface area is 124 Å². The van der Waals surface area contributed by atoms with Gasteiger partial charge in [0.25, 0.3) is 0 Å². The third kappa shape index (κ3) is 4.66. The Bertz CT molecular complexity index is 684. The standard InChI is InChI=1S/C17H19NO3/c1-3-10-18(2)11-4-5-12-20-15-8-6-14-7-9-17(19)21-16(14)13-15/h1,6-9,13H,4-5,10-12H2,2H3. The first-order valence-corrected chi connectivity index (χ1v) is 6.98. The molecule has 2 rings (SSSR count). The lowest BCUT2D eigenvalue weighted by Crippen LogP contribution is -2.20. The topological polar surface area (TPSA) is 42.7 Å². The van der Waals surface area contributed by atoms with Crippen LogP contribution in [-0.4, -0.2) is 31.6 Å². The lowest BCUT2D eigenvalue weighted by molar-refractivity contribution is 0.288. The Balaban J connectivity index is 1.81. The second-order valence-electron chi connectivity index (χ2n) is 4.95. The van der Waals surface area contributed by atoms with Crippen molar-refractivity contribution in [3.05, 3.63) is 40.8 Å². The molecule has 0 radical (unpaired) electrons. The lowest BCUT2D eigenvalue weighted by atomic mass is 10.2. The molecule has 4 nitrogen and oxygen atoms in total. The number of terminal acetylenes is 1. The second kappa shape index (κ2) is 7.51. The van der Waals surface area contributed by atoms with Crippen molar-refractivity contribution in [2.24, 2.45) is 0 Å². The van der Waals surface area contributed by atoms with E-state index in [2.05, 4.69) is 10.8 Å². The summed E-state index contributed by atoms with van der Waals surface area (Å²) < 4.78 is 10.8. The monoisotopic (exact) mass is 285 g/mol. The fraction of sp³-hybridized carbons (Fsp3) is 0.353. The fourth-order valence-electron chi connectivity index (χ4n) is 2.04. The van der Waals surface area contributed by atoms with Gasteiger partial charge in [0.2, 0.25) is 0 Å². The molecule has 0 aliphatic heterocycles. The van der Waals surface area contributed by atoms with Gasteiger partial charge in [0, 0.05) is 17.5 Å². The van der Waals surface area contributed by atoms with E-state index in [-0.39, 0.29) is 5.63 Å². The van der Waals surface area contributed by atoms with Gasteiger partial charge in [0.1, 0.15) is 11.3 Å². The Morgan fingerprint density at radius 1 is 1.29 bits per heavy atom. The largest absolute Gasteiger partial charge is 0.493 e. The summed E-state index contributed by atoms with van der Waals surface area (Å²) in [6.45, 7) is 2.26. The molecule has 0 aliphatic carbocycles. The van der Waals surface area contributed by atoms with E-state index in [1.54, 1.807) is 12.1 Å². The fourth-order valence-corrected chi connectivity index (χ4v) is 2.04. The molecule has 0 saturated carbocycles. The van der Waals surface area contributed by atoms with Crippen molar-refractivity contribution in [2.45, 2.75) is 12.8 Å². The van der Waals surface area contributed by atoms with Gasteiger partial charge in [0.15, 0.2) is 0 Å². The molecule has 0 N–H and O–H groups in total. The van der Waals surface area contributed by atoms with Gasteiger partial charge in [-0.15, -0.1) is 6.42 Å². The van der Waals surface area contributed by atoms with Crippen molar-refractivity contribution in [2.75, 3.05) is 26.7 Å². The molecule has 0 spiro atoms. The number of fused-ring (bicyclic) bond motifs is 1. The van der Waals surface area contributed by atoms with E-state index in [1.807, 2.05) is 19.2 Å². The minimum atomic E-state index is -0.351. The second-order valence-corrected chi connectivity index (χ2v) is 4.95. The summed E-state index contributed by atoms with van der Waals surface area (Å²) >= 11 is 0. The highest BCUT2D eigenvalue weighted by atomic mass is 16.5. The van der Waals surface area contributed by atoms with Crippen molar-refractivity contribution in [3.8, 4) is 18.1 Å². The molecule has 0 amide bonds. The zero-order valence-electron chi connectivity index (χ0n) is 12.2. The van der Waals surface area contributed by atoms with Crippen LogP contribution < -0.4 is 10.4 Å². The molecule has 110 valence electrons. The van der Waals surface area contributed by atoms with Gasteiger partial charge in [-0.05, 0) is 44.6 Å². The first kappa shape index (κ1) is 15.1. The van der Waals surface area contributed by atoms with Crippen molar-refractivity contribution < 1.29 is 9.15 Å². The van der Waals surface area contributed by atoms with Crippen LogP contribution >= 0.6 is 0 Å². The van der Waals surface area contributed by atoms with Crippen molar-refractivity contribution in [1.82, 2.24) is 4.90 Å². The highest BCUT2D eigenvalue weighted by Crippen LogP contribution is 2.19. The van der Waals surface area contributed by atoms with Crippen LogP contribution in [0.3, 0.4) is 0 Å². The molecule has 1 aromatic heterocycles. The maximum absolute atomic E-state index is 11.2. The number of unbranched alkanes of at least 4 members (excludes halogenated alkanes) is 1. The summed E-state index contributed by atoms with van der Waals surface area (Å²) in [5, 5.41) is 0.887. The Kier molecular flexibility index (Phi) is 5.42. The number of benzene rings is 1. The quantitative estimate of drug-likeness (QED) is 0.445. The maximum Gasteiger partial charge on any atom is 0.336 e. The predicted molar refractivity (Wildman–Crippen MR) is 83.5 cm³/mol. The molecule has 0 aliphatic rings. The average molecular weight is 285 g/mol. The van der Waals surface area contributed by atoms with Gasteiger partial charge in [0.05, 0.1) is 13.2 Å². The molecule has 21 heavy (non-hydrogen) atoms. The minimum absolute atomic E-state index is 0.351. The zero-order valence-corrected chi connectivity index (χ0v) is 12.2. The molecule has 0 atom stereocenters. The normalized spacial score (nSPS) is 10.7. The summed E-state index contributed by atoms with van der Waals surface area (Å²) in [4.78, 5) is 13.3. The number of hydrogen-bond acceptors (Lipinski definition) is 4. The lowest BCUT2D eigenvalue weighted by Gasteiger charge is -2.12. The van der Waals surface area contributed by atoms with Gasteiger partial charge in [-0.1, -0.05) is 5.92 Å². The number of nitrogens with zero attached hydrogens (tertiary/aromatic N) is 1. The minimum Gasteiger partial charge on any atom is -0.493 e. The molecule has 4 heteroatoms. The van der Waals surface area contributed by atoms with Crippen LogP contribution in [0, 0.1) is 12.3 Å². The van der Waals surface area contributed by atoms with E-state index >= 15 is 0 Å². The van der Waals surface area contributed by atoms with Crippen LogP contribution in [0.5, 0.6) is 5.75 Å². The van der Waals surface area contributed by atoms with E-state index < -0.39 is 0 Å². The van der Waals surface area contributed by atoms with Crippen LogP contribution in [0.15, 0.2) is 39.5 Å². The summed E-state index contributed by atoms with van der Waals surface area (Å²) in [5.41, 5.74) is 0.199. The van der Waals surface area contributed by atoms with E-state index in [9.17, 15) is 4.79 Å². The molecular weight excluding hydrogens is 266 g/mol. The third-order valence-electron chi connectivity index (χ3n) is 3.16. The summed E-state index contributed by atoms with van der Waals surface area (Å²) in [7, 11) is 2.01. The van der Waals surface area contributed by atoms with Gasteiger partial charge >= 0.3 is 5.63 Å². The summed E-state index contributed by atoms with van der Waals surface area (Å²) in [5.74, 6) is 3.33. The molecule has 0 unspecified atom stereocenters. The van der Waals surface area contributed by atoms with Gasteiger partial charge in [-0.25, -0.2) is 4.79 Å². The highest BCUT2D eigenvalue weighted by Gasteiger charge is 2.01. The van der Waals surface area contributed by atoms with Gasteiger partial charge < -0.3 is 9.15 Å². The molecule has 0 bridgehead atoms. The van der Waals surface area contributed by atoms with Gasteiger partial charge in [-0.2, -0.15) is 0 Å². The molecular formula is C17H19NO3. The Morgan fingerprint density at radius 3 is 2.90 bits per heavy atom. The first-order chi connectivity index (χ1) is 10.2. The van der Waals surface area contributed by atoms with Gasteiger partial charge in [-0.3, -0.25) is 4.90 Å². The number of rotatable bonds is 7. The van der Waals surface area contributed by atoms with Crippen LogP contribution in [0.2, 0.25) is 0 Å². The average Bonchev–Trinajstić information content (AvgIpc) is 2.46. The van der Waals surface area contributed by atoms with Crippen LogP contribution in [0.4, 0.5) is 0 Å². The van der Waals surface area contributed by atoms with E-state index in [0.29, 0.717) is 24.5 Å². The predicted octanol–water partition coefficient (Wildman–Crippen LogP) is 2.52.